The number of aromatic nitrogens is 1. The van der Waals surface area contributed by atoms with Crippen molar-refractivity contribution >= 4 is 11.9 Å². The molecular formula is C11H13FN2O4. The number of carbonyl (C=O) groups excluding carboxylic acids is 1. The molecule has 1 aromatic heterocycles. The van der Waals surface area contributed by atoms with Gasteiger partial charge < -0.3 is 14.7 Å². The summed E-state index contributed by atoms with van der Waals surface area (Å²) in [6.07, 6.45) is 2.17. The van der Waals surface area contributed by atoms with Crippen molar-refractivity contribution in [2.45, 2.75) is 0 Å². The Kier molecular flexibility index (Phi) is 5.19. The number of ether oxygens (including phenoxy) is 1. The molecule has 0 radical (unpaired) electrons. The summed E-state index contributed by atoms with van der Waals surface area (Å²) in [4.78, 5) is 27.1. The van der Waals surface area contributed by atoms with Gasteiger partial charge in [0.05, 0.1) is 18.4 Å². The Balaban J connectivity index is 2.87. The second-order valence-corrected chi connectivity index (χ2v) is 3.47. The molecule has 1 aromatic rings. The summed E-state index contributed by atoms with van der Waals surface area (Å²) in [6.45, 7) is -0.265. The predicted octanol–water partition coefficient (Wildman–Crippen LogP) is 0.394. The average molecular weight is 256 g/mol. The van der Waals surface area contributed by atoms with Gasteiger partial charge in [-0.2, -0.15) is 0 Å². The number of methoxy groups -OCH3 is 1. The summed E-state index contributed by atoms with van der Waals surface area (Å²) in [5, 5.41) is 8.71. The first-order chi connectivity index (χ1) is 8.56. The minimum absolute atomic E-state index is 0.0728. The number of halogens is 1. The fourth-order valence-corrected chi connectivity index (χ4v) is 1.34. The van der Waals surface area contributed by atoms with Crippen molar-refractivity contribution in [1.82, 2.24) is 9.88 Å². The molecule has 0 saturated carbocycles. The van der Waals surface area contributed by atoms with Crippen molar-refractivity contribution in [2.24, 2.45) is 0 Å². The van der Waals surface area contributed by atoms with E-state index >= 15 is 0 Å². The summed E-state index contributed by atoms with van der Waals surface area (Å²) < 4.78 is 18.1. The van der Waals surface area contributed by atoms with Crippen molar-refractivity contribution in [1.29, 1.82) is 0 Å². The smallest absolute Gasteiger partial charge is 0.323 e. The maximum atomic E-state index is 13.4. The zero-order valence-corrected chi connectivity index (χ0v) is 9.80. The molecule has 6 nitrogen and oxygen atoms in total. The molecule has 1 heterocycles. The molecule has 98 valence electrons. The van der Waals surface area contributed by atoms with Gasteiger partial charge in [-0.15, -0.1) is 0 Å². The molecule has 0 atom stereocenters. The first kappa shape index (κ1) is 14.0. The molecule has 0 fully saturated rings. The van der Waals surface area contributed by atoms with E-state index in [0.717, 1.165) is 11.1 Å². The number of hydrogen-bond donors (Lipinski definition) is 1. The van der Waals surface area contributed by atoms with Crippen molar-refractivity contribution < 1.29 is 23.8 Å². The van der Waals surface area contributed by atoms with Crippen LogP contribution in [0.25, 0.3) is 0 Å². The van der Waals surface area contributed by atoms with E-state index in [1.807, 2.05) is 0 Å². The van der Waals surface area contributed by atoms with E-state index in [9.17, 15) is 14.0 Å². The van der Waals surface area contributed by atoms with Crippen LogP contribution < -0.4 is 0 Å². The van der Waals surface area contributed by atoms with Crippen LogP contribution >= 0.6 is 0 Å². The zero-order chi connectivity index (χ0) is 13.5. The van der Waals surface area contributed by atoms with Crippen LogP contribution in [-0.4, -0.2) is 53.7 Å². The predicted molar refractivity (Wildman–Crippen MR) is 59.6 cm³/mol. The van der Waals surface area contributed by atoms with E-state index in [4.69, 9.17) is 9.84 Å². The first-order valence-corrected chi connectivity index (χ1v) is 5.15. The van der Waals surface area contributed by atoms with Gasteiger partial charge in [-0.3, -0.25) is 14.6 Å². The summed E-state index contributed by atoms with van der Waals surface area (Å²) in [6, 6.07) is 1.21. The fraction of sp³-hybridized carbons (Fsp3) is 0.364. The van der Waals surface area contributed by atoms with Crippen LogP contribution in [0.5, 0.6) is 0 Å². The number of aliphatic carboxylic acids is 1. The van der Waals surface area contributed by atoms with Crippen molar-refractivity contribution in [3.8, 4) is 0 Å². The quantitative estimate of drug-likeness (QED) is 0.796. The van der Waals surface area contributed by atoms with Crippen LogP contribution in [0.1, 0.15) is 10.4 Å². The SMILES string of the molecule is COCCN(CC(=O)O)C(=O)c1ccncc1F. The van der Waals surface area contributed by atoms with Gasteiger partial charge in [0.2, 0.25) is 0 Å². The van der Waals surface area contributed by atoms with E-state index in [-0.39, 0.29) is 18.7 Å². The molecule has 1 rings (SSSR count). The van der Waals surface area contributed by atoms with E-state index in [2.05, 4.69) is 4.98 Å². The monoisotopic (exact) mass is 256 g/mol. The fourth-order valence-electron chi connectivity index (χ4n) is 1.34. The molecule has 0 aliphatic rings. The van der Waals surface area contributed by atoms with Crippen molar-refractivity contribution in [2.75, 3.05) is 26.8 Å². The number of pyridine rings is 1. The molecule has 0 aliphatic carbocycles. The van der Waals surface area contributed by atoms with Gasteiger partial charge >= 0.3 is 5.97 Å². The van der Waals surface area contributed by atoms with Crippen LogP contribution in [0.4, 0.5) is 4.39 Å². The zero-order valence-electron chi connectivity index (χ0n) is 9.80. The van der Waals surface area contributed by atoms with Gasteiger partial charge in [-0.05, 0) is 6.07 Å². The molecule has 0 unspecified atom stereocenters. The summed E-state index contributed by atoms with van der Waals surface area (Å²) in [5.74, 6) is -2.65. The van der Waals surface area contributed by atoms with Gasteiger partial charge in [0.25, 0.3) is 5.91 Å². The summed E-state index contributed by atoms with van der Waals surface area (Å²) in [5.41, 5.74) is -0.206. The second kappa shape index (κ2) is 6.65. The topological polar surface area (TPSA) is 79.7 Å². The minimum atomic E-state index is -1.17. The highest BCUT2D eigenvalue weighted by molar-refractivity contribution is 5.95. The van der Waals surface area contributed by atoms with E-state index in [1.54, 1.807) is 0 Å². The summed E-state index contributed by atoms with van der Waals surface area (Å²) in [7, 11) is 1.43. The van der Waals surface area contributed by atoms with Gasteiger partial charge in [0.1, 0.15) is 6.54 Å². The largest absolute Gasteiger partial charge is 0.480 e. The van der Waals surface area contributed by atoms with E-state index in [0.29, 0.717) is 0 Å². The maximum Gasteiger partial charge on any atom is 0.323 e. The highest BCUT2D eigenvalue weighted by Crippen LogP contribution is 2.08. The highest BCUT2D eigenvalue weighted by Gasteiger charge is 2.21. The number of carboxylic acid groups (broad SMARTS) is 1. The third-order valence-corrected chi connectivity index (χ3v) is 2.18. The molecule has 1 N–H and O–H groups in total. The molecule has 1 amide bonds. The normalized spacial score (nSPS) is 10.1. The first-order valence-electron chi connectivity index (χ1n) is 5.15. The minimum Gasteiger partial charge on any atom is -0.480 e. The lowest BCUT2D eigenvalue weighted by atomic mass is 10.2. The number of carboxylic acids is 1. The van der Waals surface area contributed by atoms with Gasteiger partial charge in [-0.1, -0.05) is 0 Å². The maximum absolute atomic E-state index is 13.4. The molecular weight excluding hydrogens is 243 g/mol. The van der Waals surface area contributed by atoms with Crippen LogP contribution in [0.3, 0.4) is 0 Å². The Morgan fingerprint density at radius 3 is 2.83 bits per heavy atom. The standard InChI is InChI=1S/C11H13FN2O4/c1-18-5-4-14(7-10(15)16)11(17)8-2-3-13-6-9(8)12/h2-3,6H,4-5,7H2,1H3,(H,15,16). The number of nitrogens with zero attached hydrogens (tertiary/aromatic N) is 2. The Morgan fingerprint density at radius 1 is 1.56 bits per heavy atom. The van der Waals surface area contributed by atoms with Crippen LogP contribution in [0, 0.1) is 5.82 Å². The highest BCUT2D eigenvalue weighted by atomic mass is 19.1. The van der Waals surface area contributed by atoms with Crippen molar-refractivity contribution in [3.63, 3.8) is 0 Å². The van der Waals surface area contributed by atoms with E-state index < -0.39 is 24.2 Å². The number of carbonyl (C=O) groups is 2. The lowest BCUT2D eigenvalue weighted by Gasteiger charge is -2.20. The molecule has 0 aromatic carbocycles. The van der Waals surface area contributed by atoms with Gasteiger partial charge in [0, 0.05) is 19.9 Å². The van der Waals surface area contributed by atoms with Crippen molar-refractivity contribution in [3.05, 3.63) is 29.8 Å². The van der Waals surface area contributed by atoms with E-state index in [1.165, 1.54) is 19.4 Å². The van der Waals surface area contributed by atoms with Crippen LogP contribution in [-0.2, 0) is 9.53 Å². The Bertz CT molecular complexity index is 439. The Hall–Kier alpha value is -2.02. The molecule has 18 heavy (non-hydrogen) atoms. The third-order valence-electron chi connectivity index (χ3n) is 2.18. The van der Waals surface area contributed by atoms with Gasteiger partial charge in [0.15, 0.2) is 5.82 Å². The second-order valence-electron chi connectivity index (χ2n) is 3.47. The van der Waals surface area contributed by atoms with Gasteiger partial charge in [-0.25, -0.2) is 4.39 Å². The number of hydrogen-bond acceptors (Lipinski definition) is 4. The molecule has 7 heteroatoms. The lowest BCUT2D eigenvalue weighted by molar-refractivity contribution is -0.137. The Labute approximate surface area is 103 Å². The number of amides is 1. The van der Waals surface area contributed by atoms with Crippen LogP contribution in [0.15, 0.2) is 18.5 Å². The summed E-state index contributed by atoms with van der Waals surface area (Å²) >= 11 is 0. The molecule has 0 saturated heterocycles. The molecule has 0 spiro atoms. The Morgan fingerprint density at radius 2 is 2.28 bits per heavy atom. The third kappa shape index (κ3) is 3.77. The van der Waals surface area contributed by atoms with Crippen LogP contribution in [0.2, 0.25) is 0 Å². The lowest BCUT2D eigenvalue weighted by Crippen LogP contribution is -2.38. The molecule has 0 bridgehead atoms. The molecule has 0 aliphatic heterocycles. The average Bonchev–Trinajstić information content (AvgIpc) is 2.34. The number of rotatable bonds is 6.